The van der Waals surface area contributed by atoms with Crippen LogP contribution in [0, 0.1) is 0 Å². The molecule has 0 spiro atoms. The number of Topliss-reactive ketones (excluding diaryl/α,β-unsaturated/α-hetero) is 2. The number of carbonyl (C=O) groups is 3. The number of furan rings is 1. The summed E-state index contributed by atoms with van der Waals surface area (Å²) in [5.74, 6) is -0.987. The smallest absolute Gasteiger partial charge is 0.306 e. The molecule has 0 aliphatic heterocycles. The van der Waals surface area contributed by atoms with Crippen molar-refractivity contribution in [1.82, 2.24) is 0 Å². The van der Waals surface area contributed by atoms with Gasteiger partial charge in [0, 0.05) is 13.3 Å². The van der Waals surface area contributed by atoms with Crippen LogP contribution >= 0.6 is 0 Å². The first-order valence-corrected chi connectivity index (χ1v) is 5.33. The van der Waals surface area contributed by atoms with E-state index >= 15 is 0 Å². The van der Waals surface area contributed by atoms with Crippen LogP contribution < -0.4 is 0 Å². The summed E-state index contributed by atoms with van der Waals surface area (Å²) in [5.41, 5.74) is 0.224. The third-order valence-corrected chi connectivity index (χ3v) is 2.15. The molecule has 1 aromatic heterocycles. The van der Waals surface area contributed by atoms with Crippen molar-refractivity contribution in [1.29, 1.82) is 0 Å². The highest BCUT2D eigenvalue weighted by atomic mass is 16.5. The molecule has 5 heteroatoms. The van der Waals surface area contributed by atoms with E-state index in [2.05, 4.69) is 0 Å². The van der Waals surface area contributed by atoms with Crippen LogP contribution in [0.25, 0.3) is 0 Å². The monoisotopic (exact) mass is 238 g/mol. The largest absolute Gasteiger partial charge is 0.466 e. The van der Waals surface area contributed by atoms with E-state index in [-0.39, 0.29) is 42.3 Å². The summed E-state index contributed by atoms with van der Waals surface area (Å²) in [4.78, 5) is 33.9. The average molecular weight is 238 g/mol. The molecule has 1 aromatic rings. The summed E-state index contributed by atoms with van der Waals surface area (Å²) in [6.07, 6.45) is 1.31. The van der Waals surface area contributed by atoms with Crippen LogP contribution in [-0.2, 0) is 9.53 Å². The molecule has 0 saturated heterocycles. The van der Waals surface area contributed by atoms with Gasteiger partial charge in [-0.1, -0.05) is 0 Å². The Morgan fingerprint density at radius 2 is 2.00 bits per heavy atom. The van der Waals surface area contributed by atoms with E-state index in [0.29, 0.717) is 0 Å². The van der Waals surface area contributed by atoms with Gasteiger partial charge in [0.25, 0.3) is 0 Å². The number of ether oxygens (including phenoxy) is 1. The molecule has 0 amide bonds. The minimum absolute atomic E-state index is 0.00913. The van der Waals surface area contributed by atoms with Gasteiger partial charge in [-0.2, -0.15) is 0 Å². The zero-order valence-corrected chi connectivity index (χ0v) is 9.82. The summed E-state index contributed by atoms with van der Waals surface area (Å²) in [6.45, 7) is 3.31. The maximum atomic E-state index is 11.7. The Morgan fingerprint density at radius 3 is 2.59 bits per heavy atom. The molecule has 0 radical (unpaired) electrons. The molecule has 0 aromatic carbocycles. The van der Waals surface area contributed by atoms with Crippen molar-refractivity contribution >= 4 is 17.5 Å². The van der Waals surface area contributed by atoms with Crippen molar-refractivity contribution < 1.29 is 23.5 Å². The summed E-state index contributed by atoms with van der Waals surface area (Å²) in [7, 11) is 0. The molecular formula is C12H14O5. The first-order valence-electron chi connectivity index (χ1n) is 5.33. The third kappa shape index (κ3) is 3.55. The molecule has 0 fully saturated rings. The van der Waals surface area contributed by atoms with E-state index in [4.69, 9.17) is 9.15 Å². The fraction of sp³-hybridized carbons (Fsp3) is 0.417. The lowest BCUT2D eigenvalue weighted by atomic mass is 10.1. The van der Waals surface area contributed by atoms with E-state index in [1.165, 1.54) is 19.3 Å². The predicted molar refractivity (Wildman–Crippen MR) is 58.9 cm³/mol. The van der Waals surface area contributed by atoms with Gasteiger partial charge in [-0.15, -0.1) is 0 Å². The molecule has 0 aliphatic carbocycles. The van der Waals surface area contributed by atoms with Gasteiger partial charge in [0.15, 0.2) is 17.3 Å². The second-order valence-corrected chi connectivity index (χ2v) is 3.45. The van der Waals surface area contributed by atoms with Crippen LogP contribution in [0.1, 0.15) is 47.6 Å². The maximum Gasteiger partial charge on any atom is 0.306 e. The first-order chi connectivity index (χ1) is 8.06. The number of hydrogen-bond donors (Lipinski definition) is 0. The highest BCUT2D eigenvalue weighted by Gasteiger charge is 2.18. The molecule has 0 aliphatic rings. The molecule has 0 bridgehead atoms. The Hall–Kier alpha value is -1.91. The normalized spacial score (nSPS) is 10.0. The van der Waals surface area contributed by atoms with Crippen LogP contribution in [0.2, 0.25) is 0 Å². The van der Waals surface area contributed by atoms with Gasteiger partial charge in [0.2, 0.25) is 0 Å². The van der Waals surface area contributed by atoms with Crippen molar-refractivity contribution in [2.24, 2.45) is 0 Å². The quantitative estimate of drug-likeness (QED) is 0.559. The molecule has 0 saturated carbocycles. The highest BCUT2D eigenvalue weighted by Crippen LogP contribution is 2.14. The number of ketones is 2. The molecule has 0 N–H and O–H groups in total. The maximum absolute atomic E-state index is 11.7. The van der Waals surface area contributed by atoms with Crippen LogP contribution in [0.15, 0.2) is 16.7 Å². The zero-order valence-electron chi connectivity index (χ0n) is 9.82. The number of esters is 1. The Labute approximate surface area is 98.7 Å². The van der Waals surface area contributed by atoms with Gasteiger partial charge in [-0.25, -0.2) is 0 Å². The van der Waals surface area contributed by atoms with Gasteiger partial charge in [-0.05, 0) is 13.0 Å². The van der Waals surface area contributed by atoms with E-state index in [1.54, 1.807) is 6.92 Å². The number of rotatable bonds is 6. The second-order valence-electron chi connectivity index (χ2n) is 3.45. The predicted octanol–water partition coefficient (Wildman–Crippen LogP) is 2.01. The Morgan fingerprint density at radius 1 is 1.29 bits per heavy atom. The lowest BCUT2D eigenvalue weighted by Gasteiger charge is -2.01. The molecule has 5 nitrogen and oxygen atoms in total. The lowest BCUT2D eigenvalue weighted by Crippen LogP contribution is -2.09. The SMILES string of the molecule is CCOC(=O)CCC(=O)c1ccoc1C(C)=O. The second kappa shape index (κ2) is 5.98. The number of carbonyl (C=O) groups excluding carboxylic acids is 3. The van der Waals surface area contributed by atoms with Gasteiger partial charge >= 0.3 is 5.97 Å². The van der Waals surface area contributed by atoms with Gasteiger partial charge in [-0.3, -0.25) is 14.4 Å². The lowest BCUT2D eigenvalue weighted by molar-refractivity contribution is -0.143. The van der Waals surface area contributed by atoms with E-state index in [9.17, 15) is 14.4 Å². The van der Waals surface area contributed by atoms with E-state index in [1.807, 2.05) is 0 Å². The number of hydrogen-bond acceptors (Lipinski definition) is 5. The topological polar surface area (TPSA) is 73.6 Å². The third-order valence-electron chi connectivity index (χ3n) is 2.15. The van der Waals surface area contributed by atoms with Crippen molar-refractivity contribution in [3.8, 4) is 0 Å². The average Bonchev–Trinajstić information content (AvgIpc) is 2.75. The molecule has 92 valence electrons. The Balaban J connectivity index is 2.61. The van der Waals surface area contributed by atoms with Crippen LogP contribution in [0.5, 0.6) is 0 Å². The minimum atomic E-state index is -0.422. The first kappa shape index (κ1) is 13.2. The Bertz CT molecular complexity index is 430. The molecule has 17 heavy (non-hydrogen) atoms. The summed E-state index contributed by atoms with van der Waals surface area (Å²) < 4.78 is 9.62. The molecular weight excluding hydrogens is 224 g/mol. The minimum Gasteiger partial charge on any atom is -0.466 e. The van der Waals surface area contributed by atoms with Crippen LogP contribution in [0.3, 0.4) is 0 Å². The molecule has 0 unspecified atom stereocenters. The van der Waals surface area contributed by atoms with E-state index < -0.39 is 5.97 Å². The molecule has 1 rings (SSSR count). The summed E-state index contributed by atoms with van der Waals surface area (Å²) in [6, 6.07) is 1.43. The fourth-order valence-electron chi connectivity index (χ4n) is 1.38. The highest BCUT2D eigenvalue weighted by molar-refractivity contribution is 6.06. The fourth-order valence-corrected chi connectivity index (χ4v) is 1.38. The molecule has 1 heterocycles. The van der Waals surface area contributed by atoms with Crippen molar-refractivity contribution in [3.63, 3.8) is 0 Å². The van der Waals surface area contributed by atoms with Gasteiger partial charge in [0.1, 0.15) is 0 Å². The summed E-state index contributed by atoms with van der Waals surface area (Å²) in [5, 5.41) is 0. The Kier molecular flexibility index (Phi) is 4.63. The standard InChI is InChI=1S/C12H14O5/c1-3-16-11(15)5-4-10(14)9-6-7-17-12(9)8(2)13/h6-7H,3-5H2,1-2H3. The van der Waals surface area contributed by atoms with E-state index in [0.717, 1.165) is 0 Å². The van der Waals surface area contributed by atoms with Crippen LogP contribution in [-0.4, -0.2) is 24.1 Å². The van der Waals surface area contributed by atoms with Crippen molar-refractivity contribution in [2.75, 3.05) is 6.61 Å². The zero-order chi connectivity index (χ0) is 12.8. The summed E-state index contributed by atoms with van der Waals surface area (Å²) >= 11 is 0. The van der Waals surface area contributed by atoms with Gasteiger partial charge < -0.3 is 9.15 Å². The van der Waals surface area contributed by atoms with Crippen molar-refractivity contribution in [3.05, 3.63) is 23.7 Å². The van der Waals surface area contributed by atoms with Crippen molar-refractivity contribution in [2.45, 2.75) is 26.7 Å². The van der Waals surface area contributed by atoms with Gasteiger partial charge in [0.05, 0.1) is 24.9 Å². The van der Waals surface area contributed by atoms with Crippen LogP contribution in [0.4, 0.5) is 0 Å². The molecule has 0 atom stereocenters.